The zero-order valence-electron chi connectivity index (χ0n) is 11.3. The van der Waals surface area contributed by atoms with Gasteiger partial charge in [0.05, 0.1) is 15.6 Å². The van der Waals surface area contributed by atoms with Crippen LogP contribution in [0.2, 0.25) is 10.0 Å². The van der Waals surface area contributed by atoms with Gasteiger partial charge in [0.15, 0.2) is 0 Å². The fourth-order valence-corrected chi connectivity index (χ4v) is 2.07. The van der Waals surface area contributed by atoms with E-state index >= 15 is 0 Å². The Labute approximate surface area is 132 Å². The van der Waals surface area contributed by atoms with E-state index in [2.05, 4.69) is 4.98 Å². The lowest BCUT2D eigenvalue weighted by Gasteiger charge is -2.09. The van der Waals surface area contributed by atoms with Crippen molar-refractivity contribution in [1.82, 2.24) is 4.98 Å². The standard InChI is InChI=1S/C15H13Cl2NO3/c1-2-3-10-6-9(15(19)20)7-14(18-10)21-11-4-5-12(16)13(17)8-11/h4-8H,2-3H2,1H3,(H,19,20). The monoisotopic (exact) mass is 325 g/mol. The molecule has 0 spiro atoms. The van der Waals surface area contributed by atoms with Gasteiger partial charge in [0.25, 0.3) is 0 Å². The summed E-state index contributed by atoms with van der Waals surface area (Å²) in [5.74, 6) is -0.354. The summed E-state index contributed by atoms with van der Waals surface area (Å²) in [5, 5.41) is 9.90. The van der Waals surface area contributed by atoms with Gasteiger partial charge < -0.3 is 9.84 Å². The van der Waals surface area contributed by atoms with E-state index in [4.69, 9.17) is 33.0 Å². The minimum absolute atomic E-state index is 0.142. The molecule has 1 heterocycles. The number of hydrogen-bond acceptors (Lipinski definition) is 3. The van der Waals surface area contributed by atoms with Gasteiger partial charge in [0.2, 0.25) is 5.88 Å². The van der Waals surface area contributed by atoms with Gasteiger partial charge in [-0.05, 0) is 24.6 Å². The van der Waals surface area contributed by atoms with E-state index in [1.54, 1.807) is 24.3 Å². The van der Waals surface area contributed by atoms with Gasteiger partial charge >= 0.3 is 5.97 Å². The van der Waals surface area contributed by atoms with E-state index in [-0.39, 0.29) is 11.4 Å². The van der Waals surface area contributed by atoms with E-state index in [0.29, 0.717) is 27.9 Å². The Morgan fingerprint density at radius 2 is 2.00 bits per heavy atom. The van der Waals surface area contributed by atoms with Crippen molar-refractivity contribution in [2.24, 2.45) is 0 Å². The number of halogens is 2. The molecule has 0 fully saturated rings. The van der Waals surface area contributed by atoms with Crippen LogP contribution in [-0.4, -0.2) is 16.1 Å². The van der Waals surface area contributed by atoms with Gasteiger partial charge in [-0.15, -0.1) is 0 Å². The summed E-state index contributed by atoms with van der Waals surface area (Å²) in [5.41, 5.74) is 0.816. The SMILES string of the molecule is CCCc1cc(C(=O)O)cc(Oc2ccc(Cl)c(Cl)c2)n1. The van der Waals surface area contributed by atoms with Crippen LogP contribution < -0.4 is 4.74 Å². The van der Waals surface area contributed by atoms with Crippen LogP contribution in [0.5, 0.6) is 11.6 Å². The lowest BCUT2D eigenvalue weighted by Crippen LogP contribution is -2.02. The number of carboxylic acids is 1. The molecular formula is C15H13Cl2NO3. The third-order valence-corrected chi connectivity index (χ3v) is 3.46. The van der Waals surface area contributed by atoms with Gasteiger partial charge in [0, 0.05) is 17.8 Å². The summed E-state index contributed by atoms with van der Waals surface area (Å²) >= 11 is 11.8. The summed E-state index contributed by atoms with van der Waals surface area (Å²) in [6, 6.07) is 7.73. The Balaban J connectivity index is 2.33. The molecule has 2 aromatic rings. The van der Waals surface area contributed by atoms with Gasteiger partial charge in [-0.3, -0.25) is 0 Å². The van der Waals surface area contributed by atoms with Crippen LogP contribution >= 0.6 is 23.2 Å². The third-order valence-electron chi connectivity index (χ3n) is 2.72. The molecule has 1 aromatic carbocycles. The fraction of sp³-hybridized carbons (Fsp3) is 0.200. The molecule has 0 bridgehead atoms. The van der Waals surface area contributed by atoms with Crippen LogP contribution in [0, 0.1) is 0 Å². The van der Waals surface area contributed by atoms with Crippen molar-refractivity contribution in [2.45, 2.75) is 19.8 Å². The number of aromatic nitrogens is 1. The summed E-state index contributed by atoms with van der Waals surface area (Å²) in [4.78, 5) is 15.4. The van der Waals surface area contributed by atoms with Crippen molar-refractivity contribution in [3.63, 3.8) is 0 Å². The predicted molar refractivity (Wildman–Crippen MR) is 81.7 cm³/mol. The lowest BCUT2D eigenvalue weighted by atomic mass is 10.1. The Bertz CT molecular complexity index is 674. The number of benzene rings is 1. The second-order valence-electron chi connectivity index (χ2n) is 4.42. The molecule has 0 aliphatic heterocycles. The smallest absolute Gasteiger partial charge is 0.335 e. The summed E-state index contributed by atoms with van der Waals surface area (Å²) in [6.07, 6.45) is 1.54. The Hall–Kier alpha value is -1.78. The number of ether oxygens (including phenoxy) is 1. The van der Waals surface area contributed by atoms with Gasteiger partial charge in [-0.1, -0.05) is 36.5 Å². The minimum Gasteiger partial charge on any atom is -0.478 e. The highest BCUT2D eigenvalue weighted by molar-refractivity contribution is 6.42. The van der Waals surface area contributed by atoms with Crippen LogP contribution in [0.15, 0.2) is 30.3 Å². The number of hydrogen-bond donors (Lipinski definition) is 1. The first-order chi connectivity index (χ1) is 9.99. The van der Waals surface area contributed by atoms with Gasteiger partial charge in [-0.25, -0.2) is 9.78 Å². The number of rotatable bonds is 5. The largest absolute Gasteiger partial charge is 0.478 e. The van der Waals surface area contributed by atoms with E-state index in [1.165, 1.54) is 6.07 Å². The molecule has 4 nitrogen and oxygen atoms in total. The van der Waals surface area contributed by atoms with Crippen LogP contribution in [0.3, 0.4) is 0 Å². The second-order valence-corrected chi connectivity index (χ2v) is 5.23. The molecule has 0 amide bonds. The van der Waals surface area contributed by atoms with Crippen molar-refractivity contribution >= 4 is 29.2 Å². The van der Waals surface area contributed by atoms with Crippen LogP contribution in [-0.2, 0) is 6.42 Å². The maximum absolute atomic E-state index is 11.1. The summed E-state index contributed by atoms with van der Waals surface area (Å²) < 4.78 is 5.57. The predicted octanol–water partition coefficient (Wildman–Crippen LogP) is 4.83. The maximum Gasteiger partial charge on any atom is 0.335 e. The fourth-order valence-electron chi connectivity index (χ4n) is 1.78. The van der Waals surface area contributed by atoms with Crippen LogP contribution in [0.1, 0.15) is 29.4 Å². The highest BCUT2D eigenvalue weighted by Crippen LogP contribution is 2.29. The molecule has 0 saturated carbocycles. The summed E-state index contributed by atoms with van der Waals surface area (Å²) in [6.45, 7) is 1.99. The number of pyridine rings is 1. The average molecular weight is 326 g/mol. The topological polar surface area (TPSA) is 59.4 Å². The first-order valence-electron chi connectivity index (χ1n) is 6.36. The molecular weight excluding hydrogens is 313 g/mol. The number of carbonyl (C=O) groups is 1. The minimum atomic E-state index is -1.02. The average Bonchev–Trinajstić information content (AvgIpc) is 2.43. The quantitative estimate of drug-likeness (QED) is 0.855. The van der Waals surface area contributed by atoms with E-state index in [1.807, 2.05) is 6.92 Å². The van der Waals surface area contributed by atoms with Crippen molar-refractivity contribution in [3.05, 3.63) is 51.6 Å². The number of nitrogens with zero attached hydrogens (tertiary/aromatic N) is 1. The Kier molecular flexibility index (Phi) is 5.04. The molecule has 1 N–H and O–H groups in total. The van der Waals surface area contributed by atoms with E-state index < -0.39 is 5.97 Å². The first-order valence-corrected chi connectivity index (χ1v) is 7.12. The lowest BCUT2D eigenvalue weighted by molar-refractivity contribution is 0.0696. The zero-order chi connectivity index (χ0) is 15.4. The van der Waals surface area contributed by atoms with Gasteiger partial charge in [0.1, 0.15) is 5.75 Å². The number of aryl methyl sites for hydroxylation is 1. The van der Waals surface area contributed by atoms with Gasteiger partial charge in [-0.2, -0.15) is 0 Å². The highest BCUT2D eigenvalue weighted by Gasteiger charge is 2.10. The molecule has 0 aliphatic carbocycles. The molecule has 2 rings (SSSR count). The van der Waals surface area contributed by atoms with E-state index in [0.717, 1.165) is 6.42 Å². The first kappa shape index (κ1) is 15.6. The molecule has 0 aliphatic rings. The highest BCUT2D eigenvalue weighted by atomic mass is 35.5. The van der Waals surface area contributed by atoms with E-state index in [9.17, 15) is 4.79 Å². The molecule has 110 valence electrons. The van der Waals surface area contributed by atoms with Crippen molar-refractivity contribution < 1.29 is 14.6 Å². The second kappa shape index (κ2) is 6.78. The summed E-state index contributed by atoms with van der Waals surface area (Å²) in [7, 11) is 0. The molecule has 0 saturated heterocycles. The normalized spacial score (nSPS) is 10.4. The maximum atomic E-state index is 11.1. The van der Waals surface area contributed by atoms with Crippen molar-refractivity contribution in [2.75, 3.05) is 0 Å². The molecule has 1 aromatic heterocycles. The van der Waals surface area contributed by atoms with Crippen molar-refractivity contribution in [3.8, 4) is 11.6 Å². The number of aromatic carboxylic acids is 1. The molecule has 0 radical (unpaired) electrons. The molecule has 6 heteroatoms. The molecule has 0 atom stereocenters. The number of carboxylic acid groups (broad SMARTS) is 1. The van der Waals surface area contributed by atoms with Crippen LogP contribution in [0.4, 0.5) is 0 Å². The van der Waals surface area contributed by atoms with Crippen molar-refractivity contribution in [1.29, 1.82) is 0 Å². The zero-order valence-corrected chi connectivity index (χ0v) is 12.8. The Morgan fingerprint density at radius 3 is 2.62 bits per heavy atom. The Morgan fingerprint density at radius 1 is 1.24 bits per heavy atom. The molecule has 21 heavy (non-hydrogen) atoms. The van der Waals surface area contributed by atoms with Crippen LogP contribution in [0.25, 0.3) is 0 Å². The third kappa shape index (κ3) is 4.09. The molecule has 0 unspecified atom stereocenters.